The van der Waals surface area contributed by atoms with Crippen LogP contribution < -0.4 is 30.1 Å². The summed E-state index contributed by atoms with van der Waals surface area (Å²) in [6, 6.07) is 37.5. The third-order valence-corrected chi connectivity index (χ3v) is 21.9. The van der Waals surface area contributed by atoms with Crippen molar-refractivity contribution in [1.82, 2.24) is 14.1 Å². The molecule has 0 aliphatic rings. The molecule has 0 bridgehead atoms. The lowest BCUT2D eigenvalue weighted by Gasteiger charge is -2.34. The Labute approximate surface area is 567 Å². The number of ether oxygens (including phenoxy) is 1. The van der Waals surface area contributed by atoms with Gasteiger partial charge in [0.15, 0.2) is 8.07 Å². The van der Waals surface area contributed by atoms with Crippen LogP contribution in [-0.2, 0) is 27.1 Å². The molecule has 460 valence electrons. The highest BCUT2D eigenvalue weighted by Gasteiger charge is 2.42. The van der Waals surface area contributed by atoms with E-state index in [-0.39, 0.29) is 37.8 Å². The molecular formula is C86H86N4OSi. The molecule has 0 aliphatic heterocycles. The minimum absolute atomic E-state index is 0.0620. The maximum absolute atomic E-state index is 10.00. The molecule has 13 aromatic rings. The summed E-state index contributed by atoms with van der Waals surface area (Å²) in [6.45, 7) is 32.8. The Bertz CT molecular complexity index is 5450. The van der Waals surface area contributed by atoms with Gasteiger partial charge in [0, 0.05) is 23.0 Å². The van der Waals surface area contributed by atoms with Crippen molar-refractivity contribution in [1.29, 1.82) is 0 Å². The Balaban J connectivity index is 1.20. The molecule has 0 saturated carbocycles. The van der Waals surface area contributed by atoms with Crippen LogP contribution in [0.4, 0.5) is 0 Å². The molecule has 0 aliphatic carbocycles. The molecule has 10 aromatic carbocycles. The predicted molar refractivity (Wildman–Crippen MR) is 390 cm³/mol. The Hall–Kier alpha value is -9.36. The van der Waals surface area contributed by atoms with Crippen LogP contribution in [-0.4, -0.2) is 22.2 Å². The first-order chi connectivity index (χ1) is 50.0. The van der Waals surface area contributed by atoms with Crippen LogP contribution in [0.3, 0.4) is 0 Å². The van der Waals surface area contributed by atoms with Crippen molar-refractivity contribution in [2.24, 2.45) is 0 Å². The van der Waals surface area contributed by atoms with E-state index in [2.05, 4.69) is 188 Å². The van der Waals surface area contributed by atoms with Crippen LogP contribution >= 0.6 is 0 Å². The van der Waals surface area contributed by atoms with E-state index in [1.54, 1.807) is 22.8 Å². The second-order valence-electron chi connectivity index (χ2n) is 29.3. The molecule has 3 heterocycles. The average Bonchev–Trinajstić information content (AvgIpc) is 1.13. The van der Waals surface area contributed by atoms with Gasteiger partial charge in [-0.1, -0.05) is 292 Å². The molecule has 3 aromatic heterocycles. The van der Waals surface area contributed by atoms with E-state index in [9.17, 15) is 16.4 Å². The third-order valence-electron chi connectivity index (χ3n) is 17.7. The topological polar surface area (TPSA) is 35.9 Å². The Morgan fingerprint density at radius 1 is 0.413 bits per heavy atom. The van der Waals surface area contributed by atoms with Crippen molar-refractivity contribution in [3.8, 4) is 50.9 Å². The molecule has 0 amide bonds. The van der Waals surface area contributed by atoms with Crippen molar-refractivity contribution in [3.63, 3.8) is 0 Å². The SMILES string of the molecule is [2H]c1c([2H])c([2H])c([Si](c2ccc3c(c2)n(-c2cccc(Oc4ccc5c6ccccc6n(-c6cc(C(C)(C)C)ccn6)c5c4)c2)[c-][n+]3-c2c(-c3cc(C(C)(C)C)cc(C(C)(C)C)c3)cccc2-c2cc(C(C)(C)C)cc(C(C)(C)C)c2)(c2c([2H])c([2H])c([2H])c([2H])c2[2H])c2c([2H])c([2H])c([2H])c([2H])c2[2H])c([2H])c1[2H]. The van der Waals surface area contributed by atoms with Crippen molar-refractivity contribution in [2.45, 2.75) is 131 Å². The van der Waals surface area contributed by atoms with Crippen LogP contribution in [0.25, 0.3) is 72.3 Å². The first-order valence-corrected chi connectivity index (χ1v) is 33.4. The van der Waals surface area contributed by atoms with Gasteiger partial charge in [-0.3, -0.25) is 13.7 Å². The second-order valence-corrected chi connectivity index (χ2v) is 32.9. The molecule has 0 N–H and O–H groups in total. The quantitative estimate of drug-likeness (QED) is 0.0560. The first kappa shape index (κ1) is 45.8. The van der Waals surface area contributed by atoms with Gasteiger partial charge in [-0.15, -0.1) is 0 Å². The highest BCUT2D eigenvalue weighted by Crippen LogP contribution is 2.43. The number of rotatable bonds is 11. The number of hydrogen-bond donors (Lipinski definition) is 0. The summed E-state index contributed by atoms with van der Waals surface area (Å²) in [4.78, 5) is 4.92. The molecule has 5 nitrogen and oxygen atoms in total. The normalized spacial score (nSPS) is 15.0. The highest BCUT2D eigenvalue weighted by molar-refractivity contribution is 7.20. The number of benzene rings is 10. The van der Waals surface area contributed by atoms with Gasteiger partial charge in [-0.25, -0.2) is 4.98 Å². The summed E-state index contributed by atoms with van der Waals surface area (Å²) < 4.78 is 156. The van der Waals surface area contributed by atoms with Crippen molar-refractivity contribution in [2.75, 3.05) is 0 Å². The van der Waals surface area contributed by atoms with Gasteiger partial charge in [0.1, 0.15) is 17.3 Å². The van der Waals surface area contributed by atoms with E-state index < -0.39 is 114 Å². The molecule has 6 heteroatoms. The van der Waals surface area contributed by atoms with Crippen molar-refractivity contribution < 1.29 is 29.9 Å². The highest BCUT2D eigenvalue weighted by atomic mass is 28.3. The molecule has 0 unspecified atom stereocenters. The molecule has 13 rings (SSSR count). The zero-order valence-electron chi connectivity index (χ0n) is 70.2. The average molecular weight is 1230 g/mol. The van der Waals surface area contributed by atoms with Crippen LogP contribution in [0, 0.1) is 6.33 Å². The van der Waals surface area contributed by atoms with Gasteiger partial charge in [-0.05, 0) is 146 Å². The maximum Gasteiger partial charge on any atom is 0.269 e. The first-order valence-electron chi connectivity index (χ1n) is 38.9. The van der Waals surface area contributed by atoms with Gasteiger partial charge in [-0.2, -0.15) is 0 Å². The maximum atomic E-state index is 10.00. The van der Waals surface area contributed by atoms with Gasteiger partial charge < -0.3 is 4.74 Å². The van der Waals surface area contributed by atoms with E-state index in [1.165, 1.54) is 0 Å². The van der Waals surface area contributed by atoms with E-state index in [0.29, 0.717) is 28.4 Å². The number of fused-ring (bicyclic) bond motifs is 4. The molecule has 0 saturated heterocycles. The lowest BCUT2D eigenvalue weighted by molar-refractivity contribution is -0.571. The Morgan fingerprint density at radius 3 is 1.42 bits per heavy atom. The zero-order chi connectivity index (χ0) is 77.8. The largest absolute Gasteiger partial charge is 0.458 e. The van der Waals surface area contributed by atoms with E-state index >= 15 is 0 Å². The molecule has 0 radical (unpaired) electrons. The number of pyridine rings is 1. The van der Waals surface area contributed by atoms with Gasteiger partial charge >= 0.3 is 0 Å². The molecule has 0 fully saturated rings. The fraction of sp³-hybridized carbons (Fsp3) is 0.233. The van der Waals surface area contributed by atoms with Gasteiger partial charge in [0.05, 0.1) is 54.0 Å². The van der Waals surface area contributed by atoms with Crippen LogP contribution in [0.1, 0.15) is 152 Å². The molecular weight excluding hydrogens is 1130 g/mol. The molecule has 0 spiro atoms. The van der Waals surface area contributed by atoms with Crippen LogP contribution in [0.15, 0.2) is 248 Å². The second kappa shape index (κ2) is 23.1. The predicted octanol–water partition coefficient (Wildman–Crippen LogP) is 19.2. The minimum Gasteiger partial charge on any atom is -0.458 e. The lowest BCUT2D eigenvalue weighted by Crippen LogP contribution is -2.74. The number of imidazole rings is 1. The third kappa shape index (κ3) is 11.4. The summed E-state index contributed by atoms with van der Waals surface area (Å²) in [5.41, 5.74) is 11.2. The number of aromatic nitrogens is 4. The summed E-state index contributed by atoms with van der Waals surface area (Å²) in [6.07, 6.45) is 5.68. The van der Waals surface area contributed by atoms with Crippen molar-refractivity contribution in [3.05, 3.63) is 283 Å². The Morgan fingerprint density at radius 2 is 0.902 bits per heavy atom. The fourth-order valence-corrected chi connectivity index (χ4v) is 16.3. The number of para-hydroxylation sites is 2. The van der Waals surface area contributed by atoms with Crippen molar-refractivity contribution >= 4 is 61.7 Å². The molecule has 92 heavy (non-hydrogen) atoms. The van der Waals surface area contributed by atoms with Gasteiger partial charge in [0.25, 0.3) is 6.33 Å². The van der Waals surface area contributed by atoms with E-state index in [0.717, 1.165) is 77.7 Å². The van der Waals surface area contributed by atoms with E-state index in [4.69, 9.17) is 13.8 Å². The summed E-state index contributed by atoms with van der Waals surface area (Å²) in [5.74, 6) is 1.62. The minimum atomic E-state index is -5.66. The number of hydrogen-bond acceptors (Lipinski definition) is 2. The Kier molecular flexibility index (Phi) is 11.5. The summed E-state index contributed by atoms with van der Waals surface area (Å²) in [5, 5.41) is 0.132. The number of nitrogens with zero attached hydrogens (tertiary/aromatic N) is 4. The summed E-state index contributed by atoms with van der Waals surface area (Å²) in [7, 11) is -5.66. The zero-order valence-corrected chi connectivity index (χ0v) is 56.2. The van der Waals surface area contributed by atoms with Crippen LogP contribution in [0.5, 0.6) is 11.5 Å². The molecule has 0 atom stereocenters. The lowest BCUT2D eigenvalue weighted by atomic mass is 9.77. The van der Waals surface area contributed by atoms with Gasteiger partial charge in [0.2, 0.25) is 0 Å². The smallest absolute Gasteiger partial charge is 0.269 e. The summed E-state index contributed by atoms with van der Waals surface area (Å²) >= 11 is 0. The van der Waals surface area contributed by atoms with Crippen LogP contribution in [0.2, 0.25) is 0 Å². The fourth-order valence-electron chi connectivity index (χ4n) is 12.5. The standard InChI is InChI=1S/C86H86N4OSi/c1-82(2,3)60-45-46-87-80(53-60)90-76-40-26-25-37-74(76)75-43-41-67(55-78(75)90)91-66-30-27-29-65(54-66)88-57-89(77-44-42-71(56-79(77)88)92(68-31-19-16-20-32-68,69-33-21-17-22-34-69)70-35-23-18-24-36-70)81-72(58-47-61(83(4,5)6)51-62(48-58)84(7,8)9)38-28-39-73(81)59-49-63(85(10,11)12)52-64(50-59)86(13,14)15/h16-56H,1-15H3/i16D,17D,18D,19D,20D,21D,22D,23D,24D,31D,32D,33D,34D,35D,36D. The monoisotopic (exact) mass is 1230 g/mol. The van der Waals surface area contributed by atoms with E-state index in [1.807, 2.05) is 71.4 Å².